The first-order chi connectivity index (χ1) is 12.2. The molecule has 3 amide bonds. The van der Waals surface area contributed by atoms with Gasteiger partial charge in [0, 0.05) is 30.1 Å². The Morgan fingerprint density at radius 2 is 1.80 bits per heavy atom. The third-order valence-corrected chi connectivity index (χ3v) is 3.89. The molecule has 1 aliphatic rings. The molecule has 1 saturated heterocycles. The van der Waals surface area contributed by atoms with Crippen LogP contribution in [0.2, 0.25) is 0 Å². The summed E-state index contributed by atoms with van der Waals surface area (Å²) in [4.78, 5) is 23.4. The highest BCUT2D eigenvalue weighted by molar-refractivity contribution is 5.91. The first-order valence-corrected chi connectivity index (χ1v) is 8.21. The Bertz CT molecular complexity index is 812. The highest BCUT2D eigenvalue weighted by atomic mass is 16.2. The van der Waals surface area contributed by atoms with E-state index in [1.165, 1.54) is 0 Å². The van der Waals surface area contributed by atoms with Crippen molar-refractivity contribution in [1.82, 2.24) is 10.6 Å². The van der Waals surface area contributed by atoms with Gasteiger partial charge < -0.3 is 16.0 Å². The van der Waals surface area contributed by atoms with E-state index in [1.807, 2.05) is 54.6 Å². The topological polar surface area (TPSA) is 70.2 Å². The second kappa shape index (κ2) is 8.02. The minimum atomic E-state index is -0.296. The van der Waals surface area contributed by atoms with Crippen molar-refractivity contribution >= 4 is 17.6 Å². The molecule has 3 N–H and O–H groups in total. The number of carbonyl (C=O) groups is 2. The maximum absolute atomic E-state index is 12.2. The summed E-state index contributed by atoms with van der Waals surface area (Å²) in [5, 5.41) is 8.46. The van der Waals surface area contributed by atoms with Crippen molar-refractivity contribution in [2.75, 3.05) is 11.9 Å². The highest BCUT2D eigenvalue weighted by Crippen LogP contribution is 2.14. The average Bonchev–Trinajstić information content (AvgIpc) is 2.64. The first kappa shape index (κ1) is 16.6. The van der Waals surface area contributed by atoms with Crippen molar-refractivity contribution in [3.05, 3.63) is 65.7 Å². The van der Waals surface area contributed by atoms with E-state index in [-0.39, 0.29) is 18.0 Å². The van der Waals surface area contributed by atoms with Crippen LogP contribution >= 0.6 is 0 Å². The van der Waals surface area contributed by atoms with Crippen molar-refractivity contribution in [2.24, 2.45) is 0 Å². The van der Waals surface area contributed by atoms with Crippen LogP contribution in [-0.4, -0.2) is 24.5 Å². The Morgan fingerprint density at radius 3 is 2.56 bits per heavy atom. The van der Waals surface area contributed by atoms with Crippen LogP contribution in [0.25, 0.3) is 0 Å². The molecule has 0 saturated carbocycles. The molecule has 0 aliphatic carbocycles. The summed E-state index contributed by atoms with van der Waals surface area (Å²) in [6.07, 6.45) is 1.08. The zero-order valence-electron chi connectivity index (χ0n) is 13.7. The van der Waals surface area contributed by atoms with Gasteiger partial charge in [-0.05, 0) is 30.7 Å². The molecule has 0 unspecified atom stereocenters. The lowest BCUT2D eigenvalue weighted by atomic mass is 10.1. The van der Waals surface area contributed by atoms with Gasteiger partial charge in [0.15, 0.2) is 0 Å². The van der Waals surface area contributed by atoms with Gasteiger partial charge in [-0.3, -0.25) is 4.79 Å². The second-order valence-electron chi connectivity index (χ2n) is 5.80. The van der Waals surface area contributed by atoms with Gasteiger partial charge in [-0.15, -0.1) is 0 Å². The molecule has 5 nitrogen and oxygen atoms in total. The lowest BCUT2D eigenvalue weighted by Crippen LogP contribution is -2.48. The summed E-state index contributed by atoms with van der Waals surface area (Å²) < 4.78 is 0. The van der Waals surface area contributed by atoms with E-state index < -0.39 is 0 Å². The van der Waals surface area contributed by atoms with Crippen molar-refractivity contribution in [3.63, 3.8) is 0 Å². The van der Waals surface area contributed by atoms with E-state index in [0.717, 1.165) is 11.1 Å². The Labute approximate surface area is 146 Å². The monoisotopic (exact) mass is 333 g/mol. The summed E-state index contributed by atoms with van der Waals surface area (Å²) in [6.45, 7) is 0.460. The van der Waals surface area contributed by atoms with Gasteiger partial charge in [-0.25, -0.2) is 4.79 Å². The third-order valence-electron chi connectivity index (χ3n) is 3.89. The number of para-hydroxylation sites is 1. The van der Waals surface area contributed by atoms with E-state index in [0.29, 0.717) is 25.1 Å². The van der Waals surface area contributed by atoms with Crippen molar-refractivity contribution in [1.29, 1.82) is 0 Å². The van der Waals surface area contributed by atoms with Gasteiger partial charge in [-0.1, -0.05) is 42.2 Å². The van der Waals surface area contributed by atoms with Crippen LogP contribution in [0.5, 0.6) is 0 Å². The maximum Gasteiger partial charge on any atom is 0.319 e. The van der Waals surface area contributed by atoms with Gasteiger partial charge in [0.2, 0.25) is 5.91 Å². The molecule has 2 aromatic rings. The smallest absolute Gasteiger partial charge is 0.319 e. The molecular weight excluding hydrogens is 314 g/mol. The molecule has 2 aromatic carbocycles. The Kier molecular flexibility index (Phi) is 5.32. The fraction of sp³-hybridized carbons (Fsp3) is 0.200. The number of urea groups is 1. The molecule has 5 heteroatoms. The molecule has 1 heterocycles. The number of anilines is 1. The van der Waals surface area contributed by atoms with Crippen molar-refractivity contribution in [2.45, 2.75) is 18.9 Å². The summed E-state index contributed by atoms with van der Waals surface area (Å²) in [6, 6.07) is 16.8. The average molecular weight is 333 g/mol. The molecule has 0 bridgehead atoms. The molecule has 0 aromatic heterocycles. The molecule has 25 heavy (non-hydrogen) atoms. The number of rotatable bonds is 2. The van der Waals surface area contributed by atoms with Crippen LogP contribution in [0.3, 0.4) is 0 Å². The van der Waals surface area contributed by atoms with Gasteiger partial charge >= 0.3 is 6.03 Å². The maximum atomic E-state index is 12.2. The van der Waals surface area contributed by atoms with E-state index in [1.54, 1.807) is 0 Å². The van der Waals surface area contributed by atoms with E-state index in [2.05, 4.69) is 27.8 Å². The van der Waals surface area contributed by atoms with Crippen LogP contribution in [0.4, 0.5) is 10.5 Å². The predicted molar refractivity (Wildman–Crippen MR) is 97.1 cm³/mol. The fourth-order valence-electron chi connectivity index (χ4n) is 2.56. The number of hydrogen-bond acceptors (Lipinski definition) is 2. The molecular formula is C20H19N3O2. The zero-order valence-corrected chi connectivity index (χ0v) is 13.7. The normalized spacial score (nSPS) is 16.2. The van der Waals surface area contributed by atoms with Crippen LogP contribution in [0.1, 0.15) is 24.0 Å². The molecule has 0 radical (unpaired) electrons. The Hall–Kier alpha value is -3.26. The molecule has 126 valence electrons. The minimum Gasteiger partial charge on any atom is -0.354 e. The van der Waals surface area contributed by atoms with Gasteiger partial charge in [0.25, 0.3) is 0 Å². The summed E-state index contributed by atoms with van der Waals surface area (Å²) in [7, 11) is 0. The van der Waals surface area contributed by atoms with Crippen LogP contribution < -0.4 is 16.0 Å². The standard InChI is InChI=1S/C20H19N3O2/c24-19-13-12-17(14-21-19)22-20(25)23-18-9-5-4-8-16(18)11-10-15-6-2-1-3-7-15/h1-9,17H,12-14H2,(H,21,24)(H2,22,23,25)/t17-/m0/s1. The molecule has 1 atom stereocenters. The van der Waals surface area contributed by atoms with Crippen LogP contribution in [0.15, 0.2) is 54.6 Å². The number of nitrogens with one attached hydrogen (secondary N) is 3. The number of piperidine rings is 1. The Balaban J connectivity index is 1.66. The van der Waals surface area contributed by atoms with Crippen molar-refractivity contribution < 1.29 is 9.59 Å². The molecule has 1 fully saturated rings. The van der Waals surface area contributed by atoms with Gasteiger partial charge in [0.1, 0.15) is 0 Å². The van der Waals surface area contributed by atoms with Crippen LogP contribution in [-0.2, 0) is 4.79 Å². The second-order valence-corrected chi connectivity index (χ2v) is 5.80. The summed E-state index contributed by atoms with van der Waals surface area (Å²) in [5.74, 6) is 6.21. The third kappa shape index (κ3) is 4.85. The number of benzene rings is 2. The number of amides is 3. The van der Waals surface area contributed by atoms with Gasteiger partial charge in [0.05, 0.1) is 5.69 Å². The highest BCUT2D eigenvalue weighted by Gasteiger charge is 2.19. The number of carbonyl (C=O) groups excluding carboxylic acids is 2. The fourth-order valence-corrected chi connectivity index (χ4v) is 2.56. The zero-order chi connectivity index (χ0) is 17.5. The van der Waals surface area contributed by atoms with E-state index >= 15 is 0 Å². The lowest BCUT2D eigenvalue weighted by molar-refractivity contribution is -0.122. The van der Waals surface area contributed by atoms with E-state index in [9.17, 15) is 9.59 Å². The number of hydrogen-bond donors (Lipinski definition) is 3. The van der Waals surface area contributed by atoms with Crippen LogP contribution in [0, 0.1) is 11.8 Å². The summed E-state index contributed by atoms with van der Waals surface area (Å²) >= 11 is 0. The van der Waals surface area contributed by atoms with E-state index in [4.69, 9.17) is 0 Å². The Morgan fingerprint density at radius 1 is 1.04 bits per heavy atom. The largest absolute Gasteiger partial charge is 0.354 e. The molecule has 3 rings (SSSR count). The van der Waals surface area contributed by atoms with Gasteiger partial charge in [-0.2, -0.15) is 0 Å². The summed E-state index contributed by atoms with van der Waals surface area (Å²) in [5.41, 5.74) is 2.32. The molecule has 0 spiro atoms. The van der Waals surface area contributed by atoms with Crippen molar-refractivity contribution in [3.8, 4) is 11.8 Å². The quantitative estimate of drug-likeness (QED) is 0.739. The first-order valence-electron chi connectivity index (χ1n) is 8.21. The predicted octanol–water partition coefficient (Wildman–Crippen LogP) is 2.49. The minimum absolute atomic E-state index is 0.0278. The lowest BCUT2D eigenvalue weighted by Gasteiger charge is -2.23. The SMILES string of the molecule is O=C1CC[C@H](NC(=O)Nc2ccccc2C#Cc2ccccc2)CN1. The molecule has 1 aliphatic heterocycles.